The lowest BCUT2D eigenvalue weighted by Crippen LogP contribution is -2.46. The number of thiazole rings is 1. The van der Waals surface area contributed by atoms with Crippen LogP contribution in [0.3, 0.4) is 0 Å². The summed E-state index contributed by atoms with van der Waals surface area (Å²) in [6.45, 7) is 9.33. The quantitative estimate of drug-likeness (QED) is 0.844. The Morgan fingerprint density at radius 1 is 1.10 bits per heavy atom. The molecule has 114 valence electrons. The van der Waals surface area contributed by atoms with Crippen LogP contribution in [0.2, 0.25) is 0 Å². The average molecular weight is 323 g/mol. The first-order valence-corrected chi connectivity index (χ1v) is 9.10. The van der Waals surface area contributed by atoms with Crippen molar-refractivity contribution in [3.05, 3.63) is 43.1 Å². The summed E-state index contributed by atoms with van der Waals surface area (Å²) in [6, 6.07) is 4.33. The van der Waals surface area contributed by atoms with E-state index >= 15 is 0 Å². The Balaban J connectivity index is 1.45. The molecule has 0 unspecified atom stereocenters. The van der Waals surface area contributed by atoms with E-state index in [1.807, 2.05) is 28.2 Å². The van der Waals surface area contributed by atoms with Gasteiger partial charge in [0.25, 0.3) is 0 Å². The molecule has 3 heterocycles. The third kappa shape index (κ3) is 3.83. The standard InChI is InChI=1S/C15H21N3OS2/c1-13-12-21-15(19)18(13)9-8-16-4-6-17(7-5-16)11-14-3-2-10-20-14/h2-3,10,12H,4-9,11H2,1H3. The first kappa shape index (κ1) is 15.0. The molecule has 6 heteroatoms. The van der Waals surface area contributed by atoms with Crippen LogP contribution in [-0.2, 0) is 13.1 Å². The van der Waals surface area contributed by atoms with Crippen LogP contribution in [0.5, 0.6) is 0 Å². The van der Waals surface area contributed by atoms with Crippen molar-refractivity contribution in [2.24, 2.45) is 0 Å². The van der Waals surface area contributed by atoms with Gasteiger partial charge >= 0.3 is 4.87 Å². The molecule has 1 aliphatic heterocycles. The van der Waals surface area contributed by atoms with Crippen molar-refractivity contribution >= 4 is 22.7 Å². The Morgan fingerprint density at radius 3 is 2.48 bits per heavy atom. The second-order valence-electron chi connectivity index (χ2n) is 5.49. The molecule has 1 aliphatic rings. The molecule has 0 spiro atoms. The van der Waals surface area contributed by atoms with Crippen LogP contribution in [0.4, 0.5) is 0 Å². The Labute approximate surface area is 133 Å². The van der Waals surface area contributed by atoms with Crippen LogP contribution >= 0.6 is 22.7 Å². The third-order valence-electron chi connectivity index (χ3n) is 4.04. The maximum atomic E-state index is 11.7. The summed E-state index contributed by atoms with van der Waals surface area (Å²) >= 11 is 3.14. The monoisotopic (exact) mass is 323 g/mol. The van der Waals surface area contributed by atoms with E-state index in [9.17, 15) is 4.79 Å². The van der Waals surface area contributed by atoms with Crippen LogP contribution in [0.15, 0.2) is 27.7 Å². The first-order chi connectivity index (χ1) is 10.2. The van der Waals surface area contributed by atoms with Crippen molar-refractivity contribution in [2.45, 2.75) is 20.0 Å². The van der Waals surface area contributed by atoms with Gasteiger partial charge in [-0.25, -0.2) is 0 Å². The van der Waals surface area contributed by atoms with Crippen molar-refractivity contribution in [3.8, 4) is 0 Å². The fraction of sp³-hybridized carbons (Fsp3) is 0.533. The number of hydrogen-bond donors (Lipinski definition) is 0. The van der Waals surface area contributed by atoms with E-state index < -0.39 is 0 Å². The average Bonchev–Trinajstić information content (AvgIpc) is 3.10. The van der Waals surface area contributed by atoms with E-state index in [1.165, 1.54) is 16.2 Å². The zero-order valence-corrected chi connectivity index (χ0v) is 14.0. The molecule has 1 saturated heterocycles. The lowest BCUT2D eigenvalue weighted by Gasteiger charge is -2.34. The van der Waals surface area contributed by atoms with Gasteiger partial charge in [-0.15, -0.1) is 11.3 Å². The molecule has 0 aromatic carbocycles. The lowest BCUT2D eigenvalue weighted by molar-refractivity contribution is 0.124. The summed E-state index contributed by atoms with van der Waals surface area (Å²) in [6.07, 6.45) is 0. The number of aryl methyl sites for hydroxylation is 1. The van der Waals surface area contributed by atoms with Gasteiger partial charge in [-0.05, 0) is 18.4 Å². The van der Waals surface area contributed by atoms with Crippen LogP contribution in [0.1, 0.15) is 10.6 Å². The molecule has 0 N–H and O–H groups in total. The zero-order chi connectivity index (χ0) is 14.7. The van der Waals surface area contributed by atoms with Crippen LogP contribution < -0.4 is 4.87 Å². The lowest BCUT2D eigenvalue weighted by atomic mass is 10.3. The van der Waals surface area contributed by atoms with Gasteiger partial charge in [0.2, 0.25) is 0 Å². The molecule has 21 heavy (non-hydrogen) atoms. The van der Waals surface area contributed by atoms with E-state index in [1.54, 1.807) is 0 Å². The number of rotatable bonds is 5. The minimum atomic E-state index is 0.170. The smallest absolute Gasteiger partial charge is 0.302 e. The normalized spacial score (nSPS) is 17.4. The van der Waals surface area contributed by atoms with Crippen molar-refractivity contribution in [1.82, 2.24) is 14.4 Å². The summed E-state index contributed by atoms with van der Waals surface area (Å²) in [5, 5.41) is 4.09. The molecular formula is C15H21N3OS2. The van der Waals surface area contributed by atoms with E-state index in [2.05, 4.69) is 27.3 Å². The number of piperazine rings is 1. The predicted molar refractivity (Wildman–Crippen MR) is 89.4 cm³/mol. The van der Waals surface area contributed by atoms with Crippen LogP contribution in [0.25, 0.3) is 0 Å². The minimum absolute atomic E-state index is 0.170. The molecule has 0 aliphatic carbocycles. The Kier molecular flexibility index (Phi) is 4.90. The van der Waals surface area contributed by atoms with Crippen molar-refractivity contribution in [2.75, 3.05) is 32.7 Å². The summed E-state index contributed by atoms with van der Waals surface area (Å²) in [4.78, 5) is 18.3. The van der Waals surface area contributed by atoms with E-state index in [4.69, 9.17) is 0 Å². The maximum Gasteiger partial charge on any atom is 0.307 e. The van der Waals surface area contributed by atoms with Crippen molar-refractivity contribution in [3.63, 3.8) is 0 Å². The molecule has 2 aromatic heterocycles. The van der Waals surface area contributed by atoms with Gasteiger partial charge in [-0.2, -0.15) is 0 Å². The fourth-order valence-electron chi connectivity index (χ4n) is 2.71. The summed E-state index contributed by atoms with van der Waals surface area (Å²) in [5.41, 5.74) is 1.08. The molecule has 0 bridgehead atoms. The maximum absolute atomic E-state index is 11.7. The molecule has 2 aromatic rings. The van der Waals surface area contributed by atoms with E-state index in [0.717, 1.165) is 51.5 Å². The van der Waals surface area contributed by atoms with Crippen LogP contribution in [0, 0.1) is 6.92 Å². The second-order valence-corrected chi connectivity index (χ2v) is 7.34. The number of aromatic nitrogens is 1. The van der Waals surface area contributed by atoms with E-state index in [0.29, 0.717) is 0 Å². The molecule has 4 nitrogen and oxygen atoms in total. The Bertz CT molecular complexity index is 609. The molecule has 0 amide bonds. The number of hydrogen-bond acceptors (Lipinski definition) is 5. The zero-order valence-electron chi connectivity index (χ0n) is 12.3. The van der Waals surface area contributed by atoms with E-state index in [-0.39, 0.29) is 4.87 Å². The molecule has 0 saturated carbocycles. The van der Waals surface area contributed by atoms with Crippen molar-refractivity contribution < 1.29 is 0 Å². The van der Waals surface area contributed by atoms with Gasteiger partial charge in [0.15, 0.2) is 0 Å². The molecule has 0 radical (unpaired) electrons. The topological polar surface area (TPSA) is 28.5 Å². The van der Waals surface area contributed by atoms with Crippen LogP contribution in [-0.4, -0.2) is 47.1 Å². The predicted octanol–water partition coefficient (Wildman–Crippen LogP) is 2.10. The van der Waals surface area contributed by atoms with Gasteiger partial charge in [0.1, 0.15) is 0 Å². The highest BCUT2D eigenvalue weighted by molar-refractivity contribution is 7.09. The Hall–Kier alpha value is -0.950. The molecule has 0 atom stereocenters. The SMILES string of the molecule is Cc1csc(=O)n1CCN1CCN(Cc2cccs2)CC1. The highest BCUT2D eigenvalue weighted by Crippen LogP contribution is 2.13. The number of thiophene rings is 1. The van der Waals surface area contributed by atoms with Crippen molar-refractivity contribution in [1.29, 1.82) is 0 Å². The molecular weight excluding hydrogens is 302 g/mol. The summed E-state index contributed by atoms with van der Waals surface area (Å²) < 4.78 is 1.89. The fourth-order valence-corrected chi connectivity index (χ4v) is 4.22. The molecule has 3 rings (SSSR count). The molecule has 1 fully saturated rings. The van der Waals surface area contributed by atoms with Gasteiger partial charge < -0.3 is 4.57 Å². The highest BCUT2D eigenvalue weighted by atomic mass is 32.1. The van der Waals surface area contributed by atoms with Gasteiger partial charge in [0.05, 0.1) is 0 Å². The largest absolute Gasteiger partial charge is 0.307 e. The van der Waals surface area contributed by atoms with Gasteiger partial charge in [0, 0.05) is 61.8 Å². The summed E-state index contributed by atoms with van der Waals surface area (Å²) in [7, 11) is 0. The van der Waals surface area contributed by atoms with Gasteiger partial charge in [-0.3, -0.25) is 14.6 Å². The number of nitrogens with zero attached hydrogens (tertiary/aromatic N) is 3. The second kappa shape index (κ2) is 6.87. The third-order valence-corrected chi connectivity index (χ3v) is 5.78. The minimum Gasteiger partial charge on any atom is -0.302 e. The highest BCUT2D eigenvalue weighted by Gasteiger charge is 2.17. The Morgan fingerprint density at radius 2 is 1.86 bits per heavy atom. The van der Waals surface area contributed by atoms with Gasteiger partial charge in [-0.1, -0.05) is 17.4 Å². The summed E-state index contributed by atoms with van der Waals surface area (Å²) in [5.74, 6) is 0. The first-order valence-electron chi connectivity index (χ1n) is 7.34.